The zero-order chi connectivity index (χ0) is 13.8. The minimum atomic E-state index is -0.437. The highest BCUT2D eigenvalue weighted by atomic mass is 16.1. The monoisotopic (exact) mass is 261 g/mol. The van der Waals surface area contributed by atoms with Gasteiger partial charge in [0.25, 0.3) is 0 Å². The average molecular weight is 261 g/mol. The largest absolute Gasteiger partial charge is 0.397 e. The van der Waals surface area contributed by atoms with Gasteiger partial charge in [0.05, 0.1) is 11.4 Å². The number of primary amides is 1. The highest BCUT2D eigenvalue weighted by Gasteiger charge is 2.17. The van der Waals surface area contributed by atoms with Crippen LogP contribution in [-0.2, 0) is 0 Å². The van der Waals surface area contributed by atoms with Crippen molar-refractivity contribution in [3.8, 4) is 0 Å². The lowest BCUT2D eigenvalue weighted by molar-refractivity contribution is 0.100. The van der Waals surface area contributed by atoms with Gasteiger partial charge in [0.2, 0.25) is 5.91 Å². The van der Waals surface area contributed by atoms with Crippen molar-refractivity contribution < 1.29 is 4.79 Å². The van der Waals surface area contributed by atoms with E-state index in [1.165, 1.54) is 32.1 Å². The summed E-state index contributed by atoms with van der Waals surface area (Å²) in [6.45, 7) is 1.03. The number of carbonyl (C=O) groups is 1. The van der Waals surface area contributed by atoms with Gasteiger partial charge in [-0.15, -0.1) is 0 Å². The maximum Gasteiger partial charge on any atom is 0.248 e. The summed E-state index contributed by atoms with van der Waals surface area (Å²) in [4.78, 5) is 13.3. The number of hydrogen-bond acceptors (Lipinski definition) is 3. The van der Waals surface area contributed by atoms with Gasteiger partial charge < -0.3 is 16.4 Å². The SMILES string of the molecule is CN(CC1CCCCC1)c1ccc(C(N)=O)cc1N. The van der Waals surface area contributed by atoms with Crippen LogP contribution in [0.2, 0.25) is 0 Å². The van der Waals surface area contributed by atoms with E-state index in [2.05, 4.69) is 11.9 Å². The van der Waals surface area contributed by atoms with E-state index in [1.54, 1.807) is 12.1 Å². The maximum absolute atomic E-state index is 11.1. The fraction of sp³-hybridized carbons (Fsp3) is 0.533. The predicted molar refractivity (Wildman–Crippen MR) is 79.2 cm³/mol. The fourth-order valence-corrected chi connectivity index (χ4v) is 2.91. The number of hydrogen-bond donors (Lipinski definition) is 2. The Bertz CT molecular complexity index is 453. The molecule has 19 heavy (non-hydrogen) atoms. The minimum Gasteiger partial charge on any atom is -0.397 e. The van der Waals surface area contributed by atoms with Crippen LogP contribution in [0.25, 0.3) is 0 Å². The normalized spacial score (nSPS) is 16.3. The van der Waals surface area contributed by atoms with E-state index >= 15 is 0 Å². The molecule has 0 bridgehead atoms. The molecule has 0 heterocycles. The lowest BCUT2D eigenvalue weighted by Crippen LogP contribution is -2.27. The molecule has 1 aliphatic carbocycles. The van der Waals surface area contributed by atoms with Gasteiger partial charge in [-0.25, -0.2) is 0 Å². The third-order valence-electron chi connectivity index (χ3n) is 3.98. The molecule has 4 heteroatoms. The lowest BCUT2D eigenvalue weighted by atomic mass is 9.89. The molecular weight excluding hydrogens is 238 g/mol. The quantitative estimate of drug-likeness (QED) is 0.817. The van der Waals surface area contributed by atoms with Crippen LogP contribution in [0.3, 0.4) is 0 Å². The number of nitrogens with two attached hydrogens (primary N) is 2. The zero-order valence-electron chi connectivity index (χ0n) is 11.6. The molecule has 0 spiro atoms. The van der Waals surface area contributed by atoms with Crippen LogP contribution in [-0.4, -0.2) is 19.5 Å². The molecule has 1 aliphatic rings. The standard InChI is InChI=1S/C15H23N3O/c1-18(10-11-5-3-2-4-6-11)14-8-7-12(15(17)19)9-13(14)16/h7-9,11H,2-6,10,16H2,1H3,(H2,17,19). The van der Waals surface area contributed by atoms with Crippen molar-refractivity contribution in [2.45, 2.75) is 32.1 Å². The predicted octanol–water partition coefficient (Wildman–Crippen LogP) is 2.38. The van der Waals surface area contributed by atoms with Gasteiger partial charge >= 0.3 is 0 Å². The minimum absolute atomic E-state index is 0.437. The lowest BCUT2D eigenvalue weighted by Gasteiger charge is -2.29. The molecule has 0 unspecified atom stereocenters. The number of carbonyl (C=O) groups excluding carboxylic acids is 1. The molecule has 4 N–H and O–H groups in total. The first-order chi connectivity index (χ1) is 9.08. The third kappa shape index (κ3) is 3.40. The summed E-state index contributed by atoms with van der Waals surface area (Å²) in [6, 6.07) is 5.29. The van der Waals surface area contributed by atoms with Gasteiger partial charge in [0.15, 0.2) is 0 Å². The van der Waals surface area contributed by atoms with E-state index in [0.717, 1.165) is 18.2 Å². The Morgan fingerprint density at radius 3 is 2.58 bits per heavy atom. The van der Waals surface area contributed by atoms with Crippen LogP contribution < -0.4 is 16.4 Å². The third-order valence-corrected chi connectivity index (χ3v) is 3.98. The second-order valence-electron chi connectivity index (χ2n) is 5.52. The van der Waals surface area contributed by atoms with Crippen molar-refractivity contribution in [2.24, 2.45) is 11.7 Å². The van der Waals surface area contributed by atoms with Gasteiger partial charge in [0.1, 0.15) is 0 Å². The first kappa shape index (κ1) is 13.7. The Morgan fingerprint density at radius 2 is 2.00 bits per heavy atom. The van der Waals surface area contributed by atoms with Crippen LogP contribution in [0, 0.1) is 5.92 Å². The molecule has 1 aromatic rings. The van der Waals surface area contributed by atoms with Crippen molar-refractivity contribution in [1.82, 2.24) is 0 Å². The summed E-state index contributed by atoms with van der Waals surface area (Å²) in [6.07, 6.45) is 6.67. The molecule has 1 aromatic carbocycles. The van der Waals surface area contributed by atoms with Crippen molar-refractivity contribution in [1.29, 1.82) is 0 Å². The fourth-order valence-electron chi connectivity index (χ4n) is 2.91. The van der Waals surface area contributed by atoms with E-state index in [1.807, 2.05) is 6.07 Å². The van der Waals surface area contributed by atoms with Crippen LogP contribution in [0.1, 0.15) is 42.5 Å². The van der Waals surface area contributed by atoms with Crippen molar-refractivity contribution in [3.63, 3.8) is 0 Å². The summed E-state index contributed by atoms with van der Waals surface area (Å²) in [5, 5.41) is 0. The first-order valence-electron chi connectivity index (χ1n) is 6.98. The molecule has 0 radical (unpaired) electrons. The molecule has 1 saturated carbocycles. The summed E-state index contributed by atoms with van der Waals surface area (Å²) in [5.41, 5.74) is 13.3. The zero-order valence-corrected chi connectivity index (χ0v) is 11.6. The summed E-state index contributed by atoms with van der Waals surface area (Å²) in [5.74, 6) is 0.321. The number of benzene rings is 1. The van der Waals surface area contributed by atoms with Gasteiger partial charge in [0, 0.05) is 19.2 Å². The molecule has 2 rings (SSSR count). The van der Waals surface area contributed by atoms with Gasteiger partial charge in [-0.3, -0.25) is 4.79 Å². The van der Waals surface area contributed by atoms with Crippen LogP contribution >= 0.6 is 0 Å². The molecule has 0 atom stereocenters. The molecule has 0 saturated heterocycles. The van der Waals surface area contributed by atoms with Crippen molar-refractivity contribution in [3.05, 3.63) is 23.8 Å². The first-order valence-corrected chi connectivity index (χ1v) is 6.98. The topological polar surface area (TPSA) is 72.3 Å². The summed E-state index contributed by atoms with van der Waals surface area (Å²) >= 11 is 0. The number of amides is 1. The van der Waals surface area contributed by atoms with E-state index in [-0.39, 0.29) is 0 Å². The van der Waals surface area contributed by atoms with E-state index in [9.17, 15) is 4.79 Å². The van der Waals surface area contributed by atoms with E-state index < -0.39 is 5.91 Å². The van der Waals surface area contributed by atoms with Gasteiger partial charge in [-0.1, -0.05) is 19.3 Å². The molecular formula is C15H23N3O. The van der Waals surface area contributed by atoms with Crippen molar-refractivity contribution in [2.75, 3.05) is 24.2 Å². The molecule has 1 fully saturated rings. The smallest absolute Gasteiger partial charge is 0.248 e. The molecule has 104 valence electrons. The number of rotatable bonds is 4. The Labute approximate surface area is 114 Å². The molecule has 1 amide bonds. The van der Waals surface area contributed by atoms with Crippen LogP contribution in [0.4, 0.5) is 11.4 Å². The average Bonchev–Trinajstić information content (AvgIpc) is 2.39. The highest BCUT2D eigenvalue weighted by molar-refractivity contribution is 5.94. The molecule has 4 nitrogen and oxygen atoms in total. The Kier molecular flexibility index (Phi) is 4.30. The second-order valence-corrected chi connectivity index (χ2v) is 5.52. The summed E-state index contributed by atoms with van der Waals surface area (Å²) in [7, 11) is 2.06. The molecule has 0 aliphatic heterocycles. The van der Waals surface area contributed by atoms with Crippen LogP contribution in [0.15, 0.2) is 18.2 Å². The van der Waals surface area contributed by atoms with Gasteiger partial charge in [-0.05, 0) is 37.0 Å². The Hall–Kier alpha value is -1.71. The molecule has 0 aromatic heterocycles. The van der Waals surface area contributed by atoms with Crippen molar-refractivity contribution >= 4 is 17.3 Å². The number of nitrogens with zero attached hydrogens (tertiary/aromatic N) is 1. The maximum atomic E-state index is 11.1. The van der Waals surface area contributed by atoms with E-state index in [4.69, 9.17) is 11.5 Å². The van der Waals surface area contributed by atoms with E-state index in [0.29, 0.717) is 11.3 Å². The van der Waals surface area contributed by atoms with Crippen LogP contribution in [0.5, 0.6) is 0 Å². The highest BCUT2D eigenvalue weighted by Crippen LogP contribution is 2.28. The summed E-state index contributed by atoms with van der Waals surface area (Å²) < 4.78 is 0. The number of nitrogen functional groups attached to an aromatic ring is 1. The Balaban J connectivity index is 2.05. The Morgan fingerprint density at radius 1 is 1.32 bits per heavy atom. The van der Waals surface area contributed by atoms with Gasteiger partial charge in [-0.2, -0.15) is 0 Å². The second kappa shape index (κ2) is 5.95. The number of anilines is 2.